The summed E-state index contributed by atoms with van der Waals surface area (Å²) >= 11 is 0. The van der Waals surface area contributed by atoms with Crippen LogP contribution in [0.2, 0.25) is 0 Å². The second-order valence-electron chi connectivity index (χ2n) is 7.70. The number of aryl methyl sites for hydroxylation is 2. The van der Waals surface area contributed by atoms with Crippen molar-refractivity contribution in [3.05, 3.63) is 58.9 Å². The normalized spacial score (nSPS) is 19.3. The fourth-order valence-corrected chi connectivity index (χ4v) is 5.55. The van der Waals surface area contributed by atoms with Crippen LogP contribution in [0.5, 0.6) is 5.75 Å². The fourth-order valence-electron chi connectivity index (χ4n) is 4.11. The quantitative estimate of drug-likeness (QED) is 0.768. The summed E-state index contributed by atoms with van der Waals surface area (Å²) in [7, 11) is -3.70. The molecule has 0 radical (unpaired) electrons. The Morgan fingerprint density at radius 3 is 2.36 bits per heavy atom. The number of rotatable bonds is 2. The standard InChI is InChI=1S/C21H22FNO4S/c1-14-11-15(2)20-18(12-14)19(24)13-21(27-20)7-9-23(10-8-21)28(25,26)17-5-3-16(22)4-6-17/h3-6,11-12H,7-10,13H2,1-2H3. The van der Waals surface area contributed by atoms with E-state index in [0.717, 1.165) is 23.3 Å². The lowest BCUT2D eigenvalue weighted by molar-refractivity contribution is 0.00534. The second kappa shape index (κ2) is 6.67. The first-order valence-corrected chi connectivity index (χ1v) is 10.7. The van der Waals surface area contributed by atoms with Crippen LogP contribution in [0.25, 0.3) is 0 Å². The molecule has 0 unspecified atom stereocenters. The van der Waals surface area contributed by atoms with E-state index >= 15 is 0 Å². The van der Waals surface area contributed by atoms with Crippen LogP contribution in [0, 0.1) is 19.7 Å². The third kappa shape index (κ3) is 3.22. The molecule has 5 nitrogen and oxygen atoms in total. The van der Waals surface area contributed by atoms with Crippen molar-refractivity contribution in [2.24, 2.45) is 0 Å². The van der Waals surface area contributed by atoms with Gasteiger partial charge in [0.05, 0.1) is 16.9 Å². The summed E-state index contributed by atoms with van der Waals surface area (Å²) in [6, 6.07) is 8.67. The minimum atomic E-state index is -3.70. The molecule has 2 aliphatic rings. The predicted octanol–water partition coefficient (Wildman–Crippen LogP) is 3.63. The first-order chi connectivity index (χ1) is 13.2. The molecule has 2 aliphatic heterocycles. The molecule has 0 bridgehead atoms. The van der Waals surface area contributed by atoms with Gasteiger partial charge in [-0.2, -0.15) is 4.31 Å². The van der Waals surface area contributed by atoms with Gasteiger partial charge in [-0.1, -0.05) is 6.07 Å². The Hall–Kier alpha value is -2.25. The number of ether oxygens (including phenoxy) is 1. The molecule has 1 spiro atoms. The van der Waals surface area contributed by atoms with Crippen LogP contribution >= 0.6 is 0 Å². The van der Waals surface area contributed by atoms with Crippen molar-refractivity contribution < 1.29 is 22.3 Å². The van der Waals surface area contributed by atoms with Crippen molar-refractivity contribution in [1.29, 1.82) is 0 Å². The summed E-state index contributed by atoms with van der Waals surface area (Å²) in [6.07, 6.45) is 1.13. The van der Waals surface area contributed by atoms with Gasteiger partial charge in [-0.05, 0) is 55.3 Å². The van der Waals surface area contributed by atoms with Crippen molar-refractivity contribution in [2.45, 2.75) is 43.6 Å². The van der Waals surface area contributed by atoms with E-state index in [0.29, 0.717) is 24.2 Å². The highest BCUT2D eigenvalue weighted by Gasteiger charge is 2.45. The summed E-state index contributed by atoms with van der Waals surface area (Å²) in [5.41, 5.74) is 1.89. The summed E-state index contributed by atoms with van der Waals surface area (Å²) < 4.78 is 46.4. The molecular weight excluding hydrogens is 381 g/mol. The van der Waals surface area contributed by atoms with E-state index in [1.165, 1.54) is 16.4 Å². The van der Waals surface area contributed by atoms with E-state index < -0.39 is 21.4 Å². The predicted molar refractivity (Wildman–Crippen MR) is 103 cm³/mol. The fraction of sp³-hybridized carbons (Fsp3) is 0.381. The van der Waals surface area contributed by atoms with Gasteiger partial charge in [-0.25, -0.2) is 12.8 Å². The number of sulfonamides is 1. The van der Waals surface area contributed by atoms with Crippen molar-refractivity contribution >= 4 is 15.8 Å². The zero-order valence-electron chi connectivity index (χ0n) is 15.9. The minimum Gasteiger partial charge on any atom is -0.486 e. The minimum absolute atomic E-state index is 0.0443. The van der Waals surface area contributed by atoms with Crippen molar-refractivity contribution in [2.75, 3.05) is 13.1 Å². The highest BCUT2D eigenvalue weighted by molar-refractivity contribution is 7.89. The Balaban J connectivity index is 1.55. The third-order valence-corrected chi connectivity index (χ3v) is 7.52. The lowest BCUT2D eigenvalue weighted by Crippen LogP contribution is -2.52. The molecule has 2 heterocycles. The number of carbonyl (C=O) groups excluding carboxylic acids is 1. The highest BCUT2D eigenvalue weighted by Crippen LogP contribution is 2.42. The van der Waals surface area contributed by atoms with Gasteiger partial charge < -0.3 is 4.74 Å². The van der Waals surface area contributed by atoms with Crippen LogP contribution < -0.4 is 4.74 Å². The number of hydrogen-bond acceptors (Lipinski definition) is 4. The number of hydrogen-bond donors (Lipinski definition) is 0. The van der Waals surface area contributed by atoms with E-state index in [9.17, 15) is 17.6 Å². The maximum Gasteiger partial charge on any atom is 0.243 e. The largest absolute Gasteiger partial charge is 0.486 e. The Kier molecular flexibility index (Phi) is 4.55. The molecule has 0 N–H and O–H groups in total. The van der Waals surface area contributed by atoms with E-state index in [4.69, 9.17) is 4.74 Å². The summed E-state index contributed by atoms with van der Waals surface area (Å²) in [5, 5.41) is 0. The first-order valence-electron chi connectivity index (χ1n) is 9.29. The van der Waals surface area contributed by atoms with Crippen LogP contribution in [0.4, 0.5) is 4.39 Å². The van der Waals surface area contributed by atoms with Crippen molar-refractivity contribution in [3.8, 4) is 5.75 Å². The monoisotopic (exact) mass is 403 g/mol. The topological polar surface area (TPSA) is 63.7 Å². The maximum atomic E-state index is 13.1. The second-order valence-corrected chi connectivity index (χ2v) is 9.64. The lowest BCUT2D eigenvalue weighted by atomic mass is 9.82. The Morgan fingerprint density at radius 2 is 1.71 bits per heavy atom. The van der Waals surface area contributed by atoms with Gasteiger partial charge in [0.1, 0.15) is 17.2 Å². The third-order valence-electron chi connectivity index (χ3n) is 5.61. The molecule has 28 heavy (non-hydrogen) atoms. The van der Waals surface area contributed by atoms with E-state index in [-0.39, 0.29) is 30.2 Å². The number of halogens is 1. The smallest absolute Gasteiger partial charge is 0.243 e. The Labute approximate surface area is 164 Å². The number of fused-ring (bicyclic) bond motifs is 1. The molecule has 7 heteroatoms. The molecule has 0 amide bonds. The van der Waals surface area contributed by atoms with Crippen LogP contribution in [-0.4, -0.2) is 37.2 Å². The summed E-state index contributed by atoms with van der Waals surface area (Å²) in [5.74, 6) is 0.189. The van der Waals surface area contributed by atoms with Gasteiger partial charge >= 0.3 is 0 Å². The van der Waals surface area contributed by atoms with Crippen molar-refractivity contribution in [1.82, 2.24) is 4.31 Å². The molecule has 1 fully saturated rings. The highest BCUT2D eigenvalue weighted by atomic mass is 32.2. The van der Waals surface area contributed by atoms with E-state index in [1.54, 1.807) is 0 Å². The summed E-state index contributed by atoms with van der Waals surface area (Å²) in [4.78, 5) is 12.8. The zero-order valence-corrected chi connectivity index (χ0v) is 16.7. The Morgan fingerprint density at radius 1 is 1.07 bits per heavy atom. The molecule has 1 saturated heterocycles. The molecular formula is C21H22FNO4S. The van der Waals surface area contributed by atoms with Crippen LogP contribution in [0.1, 0.15) is 40.7 Å². The molecule has 2 aromatic carbocycles. The van der Waals surface area contributed by atoms with Gasteiger partial charge in [-0.15, -0.1) is 0 Å². The van der Waals surface area contributed by atoms with Gasteiger partial charge in [0, 0.05) is 25.9 Å². The van der Waals surface area contributed by atoms with Crippen LogP contribution in [0.3, 0.4) is 0 Å². The number of Topliss-reactive ketones (excluding diaryl/α,β-unsaturated/α-hetero) is 1. The van der Waals surface area contributed by atoms with Gasteiger partial charge in [0.2, 0.25) is 10.0 Å². The maximum absolute atomic E-state index is 13.1. The number of benzene rings is 2. The number of ketones is 1. The van der Waals surface area contributed by atoms with Crippen molar-refractivity contribution in [3.63, 3.8) is 0 Å². The number of carbonyl (C=O) groups is 1. The molecule has 0 saturated carbocycles. The number of piperidine rings is 1. The number of nitrogens with zero attached hydrogens (tertiary/aromatic N) is 1. The molecule has 2 aromatic rings. The van der Waals surface area contributed by atoms with Crippen LogP contribution in [0.15, 0.2) is 41.3 Å². The first kappa shape index (κ1) is 19.1. The molecule has 4 rings (SSSR count). The molecule has 0 atom stereocenters. The lowest BCUT2D eigenvalue weighted by Gasteiger charge is -2.44. The molecule has 148 valence electrons. The Bertz CT molecular complexity index is 1040. The summed E-state index contributed by atoms with van der Waals surface area (Å²) in [6.45, 7) is 4.39. The van der Waals surface area contributed by atoms with Gasteiger partial charge in [-0.3, -0.25) is 4.79 Å². The molecule has 0 aromatic heterocycles. The zero-order chi connectivity index (χ0) is 20.1. The van der Waals surface area contributed by atoms with Gasteiger partial charge in [0.15, 0.2) is 5.78 Å². The SMILES string of the molecule is Cc1cc(C)c2c(c1)C(=O)CC1(CCN(S(=O)(=O)c3ccc(F)cc3)CC1)O2. The average molecular weight is 403 g/mol. The van der Waals surface area contributed by atoms with E-state index in [1.807, 2.05) is 26.0 Å². The average Bonchev–Trinajstić information content (AvgIpc) is 2.64. The van der Waals surface area contributed by atoms with Crippen LogP contribution in [-0.2, 0) is 10.0 Å². The molecule has 0 aliphatic carbocycles. The van der Waals surface area contributed by atoms with Gasteiger partial charge in [0.25, 0.3) is 0 Å². The van der Waals surface area contributed by atoms with E-state index in [2.05, 4.69) is 0 Å².